The number of nitriles is 1. The standard InChI is InChI=1S/C31H36FN3O2/c1-5-26-23(19-33)18-22-8-6-7-9-27(22)28(26)20-34-21-31(24-10-12-25(32)13-11-24)14-16-35(17-15-31)29(36)37-30(2,3)4/h6-13,18,34H,5,14-17,20-21H2,1-4H3. The number of rotatable bonds is 6. The quantitative estimate of drug-likeness (QED) is 0.420. The number of halogens is 1. The van der Waals surface area contributed by atoms with Gasteiger partial charge in [0.1, 0.15) is 11.4 Å². The molecule has 1 N–H and O–H groups in total. The van der Waals surface area contributed by atoms with E-state index in [9.17, 15) is 14.4 Å². The Hall–Kier alpha value is -3.43. The maximum absolute atomic E-state index is 13.8. The number of nitrogens with zero attached hydrogens (tertiary/aromatic N) is 2. The fourth-order valence-corrected chi connectivity index (χ4v) is 5.41. The molecular formula is C31H36FN3O2. The SMILES string of the molecule is CCc1c(C#N)cc2ccccc2c1CNCC1(c2ccc(F)cc2)CCN(C(=O)OC(C)(C)C)CC1. The molecule has 1 saturated heterocycles. The molecule has 1 amide bonds. The first-order valence-electron chi connectivity index (χ1n) is 13.0. The van der Waals surface area contributed by atoms with E-state index in [4.69, 9.17) is 4.74 Å². The van der Waals surface area contributed by atoms with Crippen molar-refractivity contribution in [2.45, 2.75) is 64.5 Å². The Bertz CT molecular complexity index is 1300. The van der Waals surface area contributed by atoms with Crippen LogP contribution in [0.25, 0.3) is 10.8 Å². The van der Waals surface area contributed by atoms with Crippen LogP contribution in [0.5, 0.6) is 0 Å². The number of likely N-dealkylation sites (tertiary alicyclic amines) is 1. The zero-order valence-electron chi connectivity index (χ0n) is 22.2. The summed E-state index contributed by atoms with van der Waals surface area (Å²) in [7, 11) is 0. The number of piperidine rings is 1. The normalized spacial score (nSPS) is 15.4. The lowest BCUT2D eigenvalue weighted by atomic mass is 9.72. The first-order chi connectivity index (χ1) is 17.7. The highest BCUT2D eigenvalue weighted by Crippen LogP contribution is 2.36. The third kappa shape index (κ3) is 5.94. The molecule has 1 aliphatic heterocycles. The predicted molar refractivity (Wildman–Crippen MR) is 145 cm³/mol. The van der Waals surface area contributed by atoms with Crippen molar-refractivity contribution in [3.63, 3.8) is 0 Å². The van der Waals surface area contributed by atoms with Crippen LogP contribution < -0.4 is 5.32 Å². The Kier molecular flexibility index (Phi) is 7.85. The van der Waals surface area contributed by atoms with Crippen molar-refractivity contribution >= 4 is 16.9 Å². The minimum Gasteiger partial charge on any atom is -0.444 e. The number of ether oxygens (including phenoxy) is 1. The van der Waals surface area contributed by atoms with E-state index in [0.717, 1.165) is 52.3 Å². The molecule has 37 heavy (non-hydrogen) atoms. The Balaban J connectivity index is 1.58. The van der Waals surface area contributed by atoms with E-state index in [1.54, 1.807) is 4.90 Å². The molecule has 6 heteroatoms. The molecule has 0 unspecified atom stereocenters. The first kappa shape index (κ1) is 26.6. The van der Waals surface area contributed by atoms with Crippen LogP contribution in [0.3, 0.4) is 0 Å². The molecule has 3 aromatic rings. The average Bonchev–Trinajstić information content (AvgIpc) is 2.88. The van der Waals surface area contributed by atoms with Gasteiger partial charge in [0.15, 0.2) is 0 Å². The summed E-state index contributed by atoms with van der Waals surface area (Å²) >= 11 is 0. The molecule has 0 atom stereocenters. The highest BCUT2D eigenvalue weighted by Gasteiger charge is 2.38. The van der Waals surface area contributed by atoms with E-state index in [1.165, 1.54) is 12.1 Å². The highest BCUT2D eigenvalue weighted by atomic mass is 19.1. The Labute approximate surface area is 219 Å². The lowest BCUT2D eigenvalue weighted by Gasteiger charge is -2.42. The van der Waals surface area contributed by atoms with Gasteiger partial charge in [0, 0.05) is 31.6 Å². The van der Waals surface area contributed by atoms with Crippen molar-refractivity contribution < 1.29 is 13.9 Å². The van der Waals surface area contributed by atoms with E-state index in [2.05, 4.69) is 24.4 Å². The molecule has 0 aromatic heterocycles. The summed E-state index contributed by atoms with van der Waals surface area (Å²) in [5, 5.41) is 15.7. The summed E-state index contributed by atoms with van der Waals surface area (Å²) < 4.78 is 19.4. The van der Waals surface area contributed by atoms with Crippen LogP contribution in [-0.2, 0) is 23.1 Å². The van der Waals surface area contributed by atoms with Crippen LogP contribution in [-0.4, -0.2) is 36.2 Å². The van der Waals surface area contributed by atoms with Gasteiger partial charge in [-0.05, 0) is 85.7 Å². The van der Waals surface area contributed by atoms with Crippen molar-refractivity contribution in [1.29, 1.82) is 5.26 Å². The molecule has 0 saturated carbocycles. The number of amides is 1. The number of hydrogen-bond donors (Lipinski definition) is 1. The molecule has 0 bridgehead atoms. The van der Waals surface area contributed by atoms with Gasteiger partial charge in [-0.25, -0.2) is 9.18 Å². The van der Waals surface area contributed by atoms with E-state index in [1.807, 2.05) is 57.2 Å². The minimum atomic E-state index is -0.540. The second-order valence-corrected chi connectivity index (χ2v) is 10.9. The van der Waals surface area contributed by atoms with E-state index in [0.29, 0.717) is 26.2 Å². The van der Waals surface area contributed by atoms with Crippen molar-refractivity contribution in [1.82, 2.24) is 10.2 Å². The van der Waals surface area contributed by atoms with Gasteiger partial charge in [0.05, 0.1) is 11.6 Å². The Morgan fingerprint density at radius 2 is 1.78 bits per heavy atom. The number of fused-ring (bicyclic) bond motifs is 1. The van der Waals surface area contributed by atoms with Crippen LogP contribution in [0.4, 0.5) is 9.18 Å². The monoisotopic (exact) mass is 501 g/mol. The van der Waals surface area contributed by atoms with Gasteiger partial charge in [-0.3, -0.25) is 0 Å². The molecular weight excluding hydrogens is 465 g/mol. The first-order valence-corrected chi connectivity index (χ1v) is 13.0. The van der Waals surface area contributed by atoms with Gasteiger partial charge in [-0.2, -0.15) is 5.26 Å². The summed E-state index contributed by atoms with van der Waals surface area (Å²) in [4.78, 5) is 14.4. The zero-order chi connectivity index (χ0) is 26.6. The largest absolute Gasteiger partial charge is 0.444 e. The molecule has 0 spiro atoms. The van der Waals surface area contributed by atoms with Gasteiger partial charge < -0.3 is 15.0 Å². The summed E-state index contributed by atoms with van der Waals surface area (Å²) in [5.74, 6) is -0.259. The maximum atomic E-state index is 13.8. The fourth-order valence-electron chi connectivity index (χ4n) is 5.41. The molecule has 0 aliphatic carbocycles. The topological polar surface area (TPSA) is 65.4 Å². The number of hydrogen-bond acceptors (Lipinski definition) is 4. The van der Waals surface area contributed by atoms with E-state index < -0.39 is 5.60 Å². The highest BCUT2D eigenvalue weighted by molar-refractivity contribution is 5.88. The predicted octanol–water partition coefficient (Wildman–Crippen LogP) is 6.47. The van der Waals surface area contributed by atoms with Crippen LogP contribution >= 0.6 is 0 Å². The average molecular weight is 502 g/mol. The molecule has 0 radical (unpaired) electrons. The van der Waals surface area contributed by atoms with Gasteiger partial charge in [0.2, 0.25) is 0 Å². The Morgan fingerprint density at radius 1 is 1.11 bits per heavy atom. The summed E-state index contributed by atoms with van der Waals surface area (Å²) in [5.41, 5.74) is 3.22. The van der Waals surface area contributed by atoms with Crippen LogP contribution in [0.1, 0.15) is 62.8 Å². The number of benzene rings is 3. The number of nitrogens with one attached hydrogen (secondary N) is 1. The van der Waals surface area contributed by atoms with Gasteiger partial charge in [0.25, 0.3) is 0 Å². The smallest absolute Gasteiger partial charge is 0.410 e. The van der Waals surface area contributed by atoms with Crippen LogP contribution in [0.2, 0.25) is 0 Å². The van der Waals surface area contributed by atoms with Gasteiger partial charge in [-0.15, -0.1) is 0 Å². The molecule has 5 nitrogen and oxygen atoms in total. The van der Waals surface area contributed by atoms with E-state index >= 15 is 0 Å². The molecule has 3 aromatic carbocycles. The van der Waals surface area contributed by atoms with Crippen LogP contribution in [0.15, 0.2) is 54.6 Å². The third-order valence-corrected chi connectivity index (χ3v) is 7.34. The molecule has 1 fully saturated rings. The van der Waals surface area contributed by atoms with Gasteiger partial charge >= 0.3 is 6.09 Å². The van der Waals surface area contributed by atoms with Crippen LogP contribution in [0, 0.1) is 17.1 Å². The molecule has 1 aliphatic rings. The number of carbonyl (C=O) groups excluding carboxylic acids is 1. The summed E-state index contributed by atoms with van der Waals surface area (Å²) in [6.07, 6.45) is 1.97. The molecule has 4 rings (SSSR count). The third-order valence-electron chi connectivity index (χ3n) is 7.34. The Morgan fingerprint density at radius 3 is 2.41 bits per heavy atom. The maximum Gasteiger partial charge on any atom is 0.410 e. The van der Waals surface area contributed by atoms with Crippen molar-refractivity contribution in [3.8, 4) is 6.07 Å². The number of carbonyl (C=O) groups is 1. The minimum absolute atomic E-state index is 0.249. The molecule has 1 heterocycles. The van der Waals surface area contributed by atoms with Gasteiger partial charge in [-0.1, -0.05) is 43.3 Å². The lowest BCUT2D eigenvalue weighted by molar-refractivity contribution is 0.0163. The summed E-state index contributed by atoms with van der Waals surface area (Å²) in [6.45, 7) is 10.1. The van der Waals surface area contributed by atoms with Crippen molar-refractivity contribution in [2.24, 2.45) is 0 Å². The van der Waals surface area contributed by atoms with E-state index in [-0.39, 0.29) is 17.3 Å². The fraction of sp³-hybridized carbons (Fsp3) is 0.419. The molecule has 194 valence electrons. The lowest BCUT2D eigenvalue weighted by Crippen LogP contribution is -2.50. The van der Waals surface area contributed by atoms with Crippen molar-refractivity contribution in [2.75, 3.05) is 19.6 Å². The summed E-state index contributed by atoms with van der Waals surface area (Å²) in [6, 6.07) is 19.3. The second-order valence-electron chi connectivity index (χ2n) is 10.9. The second kappa shape index (κ2) is 10.9. The van der Waals surface area contributed by atoms with Crippen molar-refractivity contribution in [3.05, 3.63) is 82.7 Å². The zero-order valence-corrected chi connectivity index (χ0v) is 22.2.